The maximum Gasteiger partial charge on any atom is 0.321 e. The number of nitro benzene ring substituents is 1. The zero-order valence-electron chi connectivity index (χ0n) is 11.9. The topological polar surface area (TPSA) is 131 Å². The summed E-state index contributed by atoms with van der Waals surface area (Å²) < 4.78 is 4.78. The molecule has 1 amide bonds. The van der Waals surface area contributed by atoms with Gasteiger partial charge in [0.05, 0.1) is 18.0 Å². The number of nitrogens with one attached hydrogen (secondary N) is 2. The van der Waals surface area contributed by atoms with Crippen LogP contribution in [0.15, 0.2) is 24.3 Å². The number of carboxylic acid groups (broad SMARTS) is 1. The van der Waals surface area contributed by atoms with E-state index in [1.165, 1.54) is 31.4 Å². The van der Waals surface area contributed by atoms with Gasteiger partial charge in [0.15, 0.2) is 0 Å². The SMILES string of the molecule is COCCNC(CC(=O)Nc1ccccc1[N+](=O)[O-])C(=O)O. The highest BCUT2D eigenvalue weighted by Crippen LogP contribution is 2.23. The molecular weight excluding hydrogens is 294 g/mol. The highest BCUT2D eigenvalue weighted by Gasteiger charge is 2.22. The van der Waals surface area contributed by atoms with Gasteiger partial charge in [0.1, 0.15) is 11.7 Å². The molecule has 0 fully saturated rings. The van der Waals surface area contributed by atoms with Gasteiger partial charge in [-0.15, -0.1) is 0 Å². The molecule has 0 aromatic heterocycles. The largest absolute Gasteiger partial charge is 0.480 e. The first-order valence-electron chi connectivity index (χ1n) is 6.44. The van der Waals surface area contributed by atoms with E-state index in [9.17, 15) is 19.7 Å². The summed E-state index contributed by atoms with van der Waals surface area (Å²) in [5.41, 5.74) is -0.228. The van der Waals surface area contributed by atoms with Gasteiger partial charge in [-0.1, -0.05) is 12.1 Å². The molecule has 9 nitrogen and oxygen atoms in total. The summed E-state index contributed by atoms with van der Waals surface area (Å²) in [7, 11) is 1.47. The molecule has 1 atom stereocenters. The molecule has 0 aliphatic heterocycles. The standard InChI is InChI=1S/C13H17N3O6/c1-22-7-6-14-10(13(18)19)8-12(17)15-9-4-2-3-5-11(9)16(20)21/h2-5,10,14H,6-8H2,1H3,(H,15,17)(H,18,19). The molecular formula is C13H17N3O6. The number of nitro groups is 1. The Morgan fingerprint density at radius 1 is 1.41 bits per heavy atom. The van der Waals surface area contributed by atoms with Gasteiger partial charge in [0.2, 0.25) is 5.91 Å². The number of methoxy groups -OCH3 is 1. The van der Waals surface area contributed by atoms with Crippen LogP contribution in [0.4, 0.5) is 11.4 Å². The quantitative estimate of drug-likeness (QED) is 0.346. The predicted octanol–water partition coefficient (Wildman–Crippen LogP) is 0.613. The lowest BCUT2D eigenvalue weighted by Gasteiger charge is -2.14. The van der Waals surface area contributed by atoms with Crippen molar-refractivity contribution >= 4 is 23.3 Å². The van der Waals surface area contributed by atoms with Crippen molar-refractivity contribution in [1.82, 2.24) is 5.32 Å². The van der Waals surface area contributed by atoms with Crippen molar-refractivity contribution in [3.63, 3.8) is 0 Å². The summed E-state index contributed by atoms with van der Waals surface area (Å²) in [6.45, 7) is 0.571. The van der Waals surface area contributed by atoms with Crippen LogP contribution in [-0.4, -0.2) is 48.2 Å². The average Bonchev–Trinajstić information content (AvgIpc) is 2.46. The zero-order chi connectivity index (χ0) is 16.5. The third kappa shape index (κ3) is 5.46. The highest BCUT2D eigenvalue weighted by molar-refractivity contribution is 5.95. The fraction of sp³-hybridized carbons (Fsp3) is 0.385. The maximum atomic E-state index is 11.9. The van der Waals surface area contributed by atoms with E-state index in [0.717, 1.165) is 0 Å². The molecule has 22 heavy (non-hydrogen) atoms. The first kappa shape index (κ1) is 17.5. The Labute approximate surface area is 126 Å². The lowest BCUT2D eigenvalue weighted by atomic mass is 10.2. The molecule has 1 rings (SSSR count). The number of carboxylic acids is 1. The Morgan fingerprint density at radius 3 is 2.68 bits per heavy atom. The number of nitrogens with zero attached hydrogens (tertiary/aromatic N) is 1. The molecule has 0 heterocycles. The maximum absolute atomic E-state index is 11.9. The third-order valence-corrected chi connectivity index (χ3v) is 2.76. The second-order valence-corrected chi connectivity index (χ2v) is 4.36. The molecule has 0 bridgehead atoms. The lowest BCUT2D eigenvalue weighted by Crippen LogP contribution is -2.41. The van der Waals surface area contributed by atoms with Gasteiger partial charge in [0.25, 0.3) is 5.69 Å². The minimum absolute atomic E-state index is 0.0264. The number of para-hydroxylation sites is 2. The van der Waals surface area contributed by atoms with E-state index in [2.05, 4.69) is 10.6 Å². The number of ether oxygens (including phenoxy) is 1. The third-order valence-electron chi connectivity index (χ3n) is 2.76. The Balaban J connectivity index is 2.68. The summed E-state index contributed by atoms with van der Waals surface area (Å²) in [5, 5.41) is 24.9. The molecule has 0 saturated carbocycles. The normalized spacial score (nSPS) is 11.7. The summed E-state index contributed by atoms with van der Waals surface area (Å²) in [6, 6.07) is 4.54. The van der Waals surface area contributed by atoms with E-state index in [4.69, 9.17) is 9.84 Å². The van der Waals surface area contributed by atoms with E-state index in [1.807, 2.05) is 0 Å². The Morgan fingerprint density at radius 2 is 2.09 bits per heavy atom. The molecule has 120 valence electrons. The zero-order valence-corrected chi connectivity index (χ0v) is 11.9. The van der Waals surface area contributed by atoms with E-state index in [-0.39, 0.29) is 24.3 Å². The molecule has 0 aliphatic rings. The van der Waals surface area contributed by atoms with E-state index in [0.29, 0.717) is 6.61 Å². The predicted molar refractivity (Wildman–Crippen MR) is 77.6 cm³/mol. The van der Waals surface area contributed by atoms with Crippen LogP contribution < -0.4 is 10.6 Å². The van der Waals surface area contributed by atoms with Gasteiger partial charge in [-0.25, -0.2) is 0 Å². The molecule has 1 aromatic carbocycles. The van der Waals surface area contributed by atoms with Gasteiger partial charge in [-0.3, -0.25) is 19.7 Å². The number of aliphatic carboxylic acids is 1. The highest BCUT2D eigenvalue weighted by atomic mass is 16.6. The molecule has 9 heteroatoms. The van der Waals surface area contributed by atoms with Crippen LogP contribution in [0.1, 0.15) is 6.42 Å². The summed E-state index contributed by atoms with van der Waals surface area (Å²) >= 11 is 0. The van der Waals surface area contributed by atoms with Crippen LogP contribution in [0.2, 0.25) is 0 Å². The van der Waals surface area contributed by atoms with Gasteiger partial charge in [0, 0.05) is 19.7 Å². The van der Waals surface area contributed by atoms with Crippen molar-refractivity contribution in [2.45, 2.75) is 12.5 Å². The summed E-state index contributed by atoms with van der Waals surface area (Å²) in [6.07, 6.45) is -0.356. The van der Waals surface area contributed by atoms with Gasteiger partial charge < -0.3 is 20.5 Å². The average molecular weight is 311 g/mol. The van der Waals surface area contributed by atoms with Crippen molar-refractivity contribution in [3.8, 4) is 0 Å². The summed E-state index contributed by atoms with van der Waals surface area (Å²) in [5.74, 6) is -1.82. The van der Waals surface area contributed by atoms with Gasteiger partial charge in [-0.05, 0) is 6.07 Å². The Bertz CT molecular complexity index is 548. The number of carbonyl (C=O) groups excluding carboxylic acids is 1. The van der Waals surface area contributed by atoms with Crippen LogP contribution in [0.3, 0.4) is 0 Å². The second kappa shape index (κ2) is 8.70. The van der Waals surface area contributed by atoms with Crippen molar-refractivity contribution in [3.05, 3.63) is 34.4 Å². The van der Waals surface area contributed by atoms with Crippen LogP contribution in [-0.2, 0) is 14.3 Å². The van der Waals surface area contributed by atoms with Crippen LogP contribution in [0.25, 0.3) is 0 Å². The number of anilines is 1. The van der Waals surface area contributed by atoms with E-state index < -0.39 is 22.8 Å². The number of hydrogen-bond acceptors (Lipinski definition) is 6. The van der Waals surface area contributed by atoms with Crippen molar-refractivity contribution < 1.29 is 24.4 Å². The van der Waals surface area contributed by atoms with Crippen LogP contribution in [0, 0.1) is 10.1 Å². The smallest absolute Gasteiger partial charge is 0.321 e. The monoisotopic (exact) mass is 311 g/mol. The lowest BCUT2D eigenvalue weighted by molar-refractivity contribution is -0.383. The second-order valence-electron chi connectivity index (χ2n) is 4.36. The van der Waals surface area contributed by atoms with Crippen molar-refractivity contribution in [1.29, 1.82) is 0 Å². The van der Waals surface area contributed by atoms with Crippen molar-refractivity contribution in [2.24, 2.45) is 0 Å². The minimum atomic E-state index is -1.19. The molecule has 0 aliphatic carbocycles. The Hall–Kier alpha value is -2.52. The number of carbonyl (C=O) groups is 2. The number of benzene rings is 1. The number of hydrogen-bond donors (Lipinski definition) is 3. The van der Waals surface area contributed by atoms with E-state index in [1.54, 1.807) is 0 Å². The van der Waals surface area contributed by atoms with Crippen LogP contribution >= 0.6 is 0 Å². The molecule has 3 N–H and O–H groups in total. The number of rotatable bonds is 9. The first-order valence-corrected chi connectivity index (χ1v) is 6.44. The fourth-order valence-electron chi connectivity index (χ4n) is 1.71. The van der Waals surface area contributed by atoms with Gasteiger partial charge >= 0.3 is 5.97 Å². The Kier molecular flexibility index (Phi) is 6.93. The summed E-state index contributed by atoms with van der Waals surface area (Å²) in [4.78, 5) is 33.1. The van der Waals surface area contributed by atoms with E-state index >= 15 is 0 Å². The van der Waals surface area contributed by atoms with Crippen molar-refractivity contribution in [2.75, 3.05) is 25.6 Å². The molecule has 1 unspecified atom stereocenters. The molecule has 0 saturated heterocycles. The fourth-order valence-corrected chi connectivity index (χ4v) is 1.71. The van der Waals surface area contributed by atoms with Crippen LogP contribution in [0.5, 0.6) is 0 Å². The minimum Gasteiger partial charge on any atom is -0.480 e. The molecule has 0 spiro atoms. The molecule has 1 aromatic rings. The molecule has 0 radical (unpaired) electrons. The number of amides is 1. The van der Waals surface area contributed by atoms with Gasteiger partial charge in [-0.2, -0.15) is 0 Å². The first-order chi connectivity index (χ1) is 10.5.